The van der Waals surface area contributed by atoms with Gasteiger partial charge < -0.3 is 15.9 Å². The molecule has 0 bridgehead atoms. The summed E-state index contributed by atoms with van der Waals surface area (Å²) < 4.78 is 0. The third kappa shape index (κ3) is 9.37. The van der Waals surface area contributed by atoms with Crippen molar-refractivity contribution in [3.63, 3.8) is 0 Å². The van der Waals surface area contributed by atoms with Crippen LogP contribution >= 0.6 is 0 Å². The van der Waals surface area contributed by atoms with Crippen molar-refractivity contribution in [2.45, 2.75) is 52.3 Å². The molecule has 0 unspecified atom stereocenters. The number of ketones is 1. The number of amides is 1. The van der Waals surface area contributed by atoms with Crippen LogP contribution in [0, 0.1) is 11.3 Å². The number of carbonyl (C=O) groups excluding carboxylic acids is 2. The Kier molecular flexibility index (Phi) is 10.9. The Labute approximate surface area is 230 Å². The highest BCUT2D eigenvalue weighted by molar-refractivity contribution is 5.87. The summed E-state index contributed by atoms with van der Waals surface area (Å²) in [5.74, 6) is -1.41. The van der Waals surface area contributed by atoms with Gasteiger partial charge in [-0.15, -0.1) is 0 Å². The summed E-state index contributed by atoms with van der Waals surface area (Å²) in [6.45, 7) is 5.44. The van der Waals surface area contributed by atoms with Gasteiger partial charge in [0.05, 0.1) is 17.7 Å². The van der Waals surface area contributed by atoms with Gasteiger partial charge in [-0.05, 0) is 35.1 Å². The molecule has 0 fully saturated rings. The van der Waals surface area contributed by atoms with Crippen LogP contribution in [0.2, 0.25) is 0 Å². The fourth-order valence-electron chi connectivity index (χ4n) is 4.39. The molecule has 2 aromatic carbocycles. The number of hydrogen-bond donors (Lipinski definition) is 4. The van der Waals surface area contributed by atoms with Crippen LogP contribution in [-0.2, 0) is 22.6 Å². The molecule has 8 heteroatoms. The van der Waals surface area contributed by atoms with Crippen LogP contribution in [0.4, 0.5) is 0 Å². The molecule has 3 atom stereocenters. The Bertz CT molecular complexity index is 1180. The number of benzene rings is 2. The number of nitrogens with zero attached hydrogens (tertiary/aromatic N) is 2. The second-order valence-corrected chi connectivity index (χ2v) is 11.0. The van der Waals surface area contributed by atoms with E-state index in [0.717, 1.165) is 22.4 Å². The van der Waals surface area contributed by atoms with E-state index in [9.17, 15) is 19.8 Å². The molecule has 0 radical (unpaired) electrons. The Morgan fingerprint density at radius 1 is 0.974 bits per heavy atom. The lowest BCUT2D eigenvalue weighted by Gasteiger charge is -2.33. The number of carbonyl (C=O) groups is 2. The van der Waals surface area contributed by atoms with Crippen LogP contribution in [0.3, 0.4) is 0 Å². The summed E-state index contributed by atoms with van der Waals surface area (Å²) in [6, 6.07) is 22.7. The van der Waals surface area contributed by atoms with E-state index in [-0.39, 0.29) is 18.9 Å². The number of aliphatic hydroxyl groups is 2. The Balaban J connectivity index is 1.78. The van der Waals surface area contributed by atoms with Crippen molar-refractivity contribution >= 4 is 11.7 Å². The van der Waals surface area contributed by atoms with Gasteiger partial charge >= 0.3 is 0 Å². The van der Waals surface area contributed by atoms with E-state index in [2.05, 4.69) is 10.4 Å². The number of Topliss-reactive ketones (excluding diaryl/α,β-unsaturated/α-hetero) is 1. The number of nitrogens with two attached hydrogens (primary N) is 1. The van der Waals surface area contributed by atoms with Gasteiger partial charge in [0.15, 0.2) is 5.78 Å². The highest BCUT2D eigenvalue weighted by atomic mass is 16.3. The lowest BCUT2D eigenvalue weighted by Crippen LogP contribution is -2.53. The minimum Gasteiger partial charge on any atom is -0.390 e. The van der Waals surface area contributed by atoms with Crippen molar-refractivity contribution in [2.75, 3.05) is 13.2 Å². The van der Waals surface area contributed by atoms with Crippen molar-refractivity contribution in [3.05, 3.63) is 90.1 Å². The number of aromatic nitrogens is 1. The molecule has 208 valence electrons. The summed E-state index contributed by atoms with van der Waals surface area (Å²) >= 11 is 0. The number of aliphatic hydroxyl groups excluding tert-OH is 2. The van der Waals surface area contributed by atoms with Crippen LogP contribution in [0.15, 0.2) is 79.0 Å². The quantitative estimate of drug-likeness (QED) is 0.249. The number of hydrazine groups is 1. The molecule has 0 aliphatic rings. The van der Waals surface area contributed by atoms with E-state index in [1.807, 2.05) is 93.6 Å². The molecule has 5 N–H and O–H groups in total. The first-order valence-corrected chi connectivity index (χ1v) is 13.2. The fraction of sp³-hybridized carbons (Fsp3) is 0.387. The van der Waals surface area contributed by atoms with E-state index < -0.39 is 35.9 Å². The largest absolute Gasteiger partial charge is 0.390 e. The standard InChI is InChI=1S/C31H40N4O4/c1-31(2,3)26(18-25(37)21-36)30(39)34-35(20-29(38)27(32)17-22-9-5-4-6-10-22)19-23-12-14-24(15-13-23)28-11-7-8-16-33-28/h4-16,26-27,29,36,38H,17-21,32H2,1-3H3,(H,34,39)/t26-,27+,29+/m1/s1. The highest BCUT2D eigenvalue weighted by Crippen LogP contribution is 2.29. The first kappa shape index (κ1) is 30.1. The molecule has 0 aliphatic heterocycles. The van der Waals surface area contributed by atoms with Crippen LogP contribution in [0.25, 0.3) is 11.3 Å². The lowest BCUT2D eigenvalue weighted by molar-refractivity contribution is -0.138. The predicted octanol–water partition coefficient (Wildman–Crippen LogP) is 3.13. The molecule has 1 amide bonds. The van der Waals surface area contributed by atoms with Crippen molar-refractivity contribution in [3.8, 4) is 11.3 Å². The summed E-state index contributed by atoms with van der Waals surface area (Å²) in [5, 5.41) is 21.9. The second kappa shape index (κ2) is 14.1. The lowest BCUT2D eigenvalue weighted by atomic mass is 9.77. The predicted molar refractivity (Wildman–Crippen MR) is 152 cm³/mol. The van der Waals surface area contributed by atoms with Crippen molar-refractivity contribution in [1.29, 1.82) is 0 Å². The fourth-order valence-corrected chi connectivity index (χ4v) is 4.39. The molecule has 0 spiro atoms. The van der Waals surface area contributed by atoms with Gasteiger partial charge in [0.1, 0.15) is 6.61 Å². The van der Waals surface area contributed by atoms with E-state index in [1.165, 1.54) is 0 Å². The van der Waals surface area contributed by atoms with Gasteiger partial charge in [0.25, 0.3) is 0 Å². The van der Waals surface area contributed by atoms with E-state index >= 15 is 0 Å². The van der Waals surface area contributed by atoms with E-state index in [1.54, 1.807) is 11.2 Å². The molecule has 0 saturated heterocycles. The van der Waals surface area contributed by atoms with Crippen molar-refractivity contribution in [2.24, 2.45) is 17.1 Å². The van der Waals surface area contributed by atoms with Crippen LogP contribution in [0.5, 0.6) is 0 Å². The zero-order chi connectivity index (χ0) is 28.4. The average molecular weight is 533 g/mol. The van der Waals surface area contributed by atoms with Gasteiger partial charge in [-0.25, -0.2) is 5.01 Å². The normalized spacial score (nSPS) is 14.0. The zero-order valence-electron chi connectivity index (χ0n) is 23.0. The molecule has 0 saturated carbocycles. The average Bonchev–Trinajstić information content (AvgIpc) is 2.92. The molecule has 8 nitrogen and oxygen atoms in total. The molecule has 3 aromatic rings. The maximum Gasteiger partial charge on any atom is 0.238 e. The minimum absolute atomic E-state index is 0.0749. The van der Waals surface area contributed by atoms with Gasteiger partial charge in [-0.3, -0.25) is 20.0 Å². The zero-order valence-corrected chi connectivity index (χ0v) is 23.0. The summed E-state index contributed by atoms with van der Waals surface area (Å²) in [7, 11) is 0. The molecule has 0 aliphatic carbocycles. The van der Waals surface area contributed by atoms with Crippen molar-refractivity contribution < 1.29 is 19.8 Å². The summed E-state index contributed by atoms with van der Waals surface area (Å²) in [4.78, 5) is 29.8. The van der Waals surface area contributed by atoms with Gasteiger partial charge in [0, 0.05) is 37.3 Å². The van der Waals surface area contributed by atoms with Gasteiger partial charge in [0.2, 0.25) is 5.91 Å². The molecule has 1 aromatic heterocycles. The molecule has 39 heavy (non-hydrogen) atoms. The maximum atomic E-state index is 13.4. The van der Waals surface area contributed by atoms with E-state index in [4.69, 9.17) is 5.73 Å². The number of rotatable bonds is 13. The minimum atomic E-state index is -0.926. The Hall–Kier alpha value is -3.43. The van der Waals surface area contributed by atoms with Gasteiger partial charge in [-0.1, -0.05) is 81.4 Å². The third-order valence-corrected chi connectivity index (χ3v) is 6.74. The van der Waals surface area contributed by atoms with Crippen molar-refractivity contribution in [1.82, 2.24) is 15.4 Å². The molecular weight excluding hydrogens is 492 g/mol. The second-order valence-electron chi connectivity index (χ2n) is 11.0. The highest BCUT2D eigenvalue weighted by Gasteiger charge is 2.34. The molecule has 1 heterocycles. The van der Waals surface area contributed by atoms with Crippen LogP contribution in [0.1, 0.15) is 38.3 Å². The van der Waals surface area contributed by atoms with Crippen LogP contribution in [-0.4, -0.2) is 57.2 Å². The van der Waals surface area contributed by atoms with Gasteiger partial charge in [-0.2, -0.15) is 0 Å². The third-order valence-electron chi connectivity index (χ3n) is 6.74. The van der Waals surface area contributed by atoms with Crippen LogP contribution < -0.4 is 11.2 Å². The molecular formula is C31H40N4O4. The molecule has 3 rings (SSSR count). The SMILES string of the molecule is CC(C)(C)[C@H](CC(=O)CO)C(=O)NN(Cc1ccc(-c2ccccn2)cc1)C[C@H](O)[C@@H](N)Cc1ccccc1. The maximum absolute atomic E-state index is 13.4. The smallest absolute Gasteiger partial charge is 0.238 e. The Morgan fingerprint density at radius 3 is 2.23 bits per heavy atom. The first-order valence-electron chi connectivity index (χ1n) is 13.2. The monoisotopic (exact) mass is 532 g/mol. The Morgan fingerprint density at radius 2 is 1.64 bits per heavy atom. The number of nitrogens with one attached hydrogen (secondary N) is 1. The van der Waals surface area contributed by atoms with E-state index in [0.29, 0.717) is 13.0 Å². The number of hydrogen-bond acceptors (Lipinski definition) is 7. The summed E-state index contributed by atoms with van der Waals surface area (Å²) in [6.07, 6.45) is 1.23. The number of pyridine rings is 1. The topological polar surface area (TPSA) is 129 Å². The first-order chi connectivity index (χ1) is 18.6. The summed E-state index contributed by atoms with van der Waals surface area (Å²) in [5.41, 5.74) is 12.5.